The van der Waals surface area contributed by atoms with E-state index >= 15 is 0 Å². The van der Waals surface area contributed by atoms with Gasteiger partial charge in [0.1, 0.15) is 0 Å². The second-order valence-electron chi connectivity index (χ2n) is 7.53. The van der Waals surface area contributed by atoms with E-state index in [1.807, 2.05) is 0 Å². The minimum atomic E-state index is -0.827. The normalized spacial score (nSPS) is 11.0. The highest BCUT2D eigenvalue weighted by molar-refractivity contribution is 14.1. The van der Waals surface area contributed by atoms with Crippen LogP contribution in [0.15, 0.2) is 0 Å². The third kappa shape index (κ3) is 11.5. The summed E-state index contributed by atoms with van der Waals surface area (Å²) in [6.45, 7) is 15.0. The number of halogens is 7. The quantitative estimate of drug-likeness (QED) is 0.107. The summed E-state index contributed by atoms with van der Waals surface area (Å²) in [5, 5.41) is 0. The van der Waals surface area contributed by atoms with Gasteiger partial charge in [0.2, 0.25) is 0 Å². The molecule has 0 fully saturated rings. The van der Waals surface area contributed by atoms with E-state index in [1.54, 1.807) is 0 Å². The van der Waals surface area contributed by atoms with Gasteiger partial charge in [0.25, 0.3) is 0 Å². The minimum Gasteiger partial charge on any atom is -1.00 e. The van der Waals surface area contributed by atoms with Gasteiger partial charge >= 0.3 is 0 Å². The number of hydrogen-bond donors (Lipinski definition) is 0. The van der Waals surface area contributed by atoms with Gasteiger partial charge in [0.15, 0.2) is 17.5 Å². The lowest BCUT2D eigenvalue weighted by Crippen LogP contribution is -3.00. The highest BCUT2D eigenvalue weighted by Gasteiger charge is 2.24. The van der Waals surface area contributed by atoms with E-state index in [1.165, 1.54) is 150 Å². The third-order valence-electron chi connectivity index (χ3n) is 5.10. The molecule has 0 saturated carbocycles. The molecule has 0 aliphatic rings. The maximum absolute atomic E-state index is 12.9. The lowest BCUT2D eigenvalue weighted by molar-refractivity contribution is -0.929. The Morgan fingerprint density at radius 2 is 0.733 bits per heavy atom. The molecule has 30 heavy (non-hydrogen) atoms. The van der Waals surface area contributed by atoms with Gasteiger partial charge in [-0.15, -0.1) is 0 Å². The van der Waals surface area contributed by atoms with Crippen LogP contribution in [0, 0.1) is 28.2 Å². The second kappa shape index (κ2) is 18.8. The van der Waals surface area contributed by atoms with E-state index in [9.17, 15) is 13.2 Å². The van der Waals surface area contributed by atoms with Crippen molar-refractivity contribution in [1.82, 2.24) is 0 Å². The molecule has 0 radical (unpaired) electrons. The fraction of sp³-hybridized carbons (Fsp3) is 0.727. The molecule has 0 aliphatic carbocycles. The van der Waals surface area contributed by atoms with Crippen molar-refractivity contribution in [2.24, 2.45) is 0 Å². The molecule has 1 aromatic carbocycles. The molecule has 0 heterocycles. The average molecular weight is 788 g/mol. The van der Waals surface area contributed by atoms with Crippen LogP contribution in [-0.4, -0.2) is 30.7 Å². The van der Waals surface area contributed by atoms with Crippen molar-refractivity contribution < 1.29 is 30.1 Å². The molecule has 0 spiro atoms. The molecule has 1 rings (SSSR count). The van der Waals surface area contributed by atoms with Crippen molar-refractivity contribution in [3.8, 4) is 0 Å². The molecule has 0 bridgehead atoms. The Labute approximate surface area is 229 Å². The number of rotatable bonds is 12. The molecular formula is C22H36ClF3I3N. The number of hydrogen-bond acceptors (Lipinski definition) is 0. The predicted octanol–water partition coefficient (Wildman–Crippen LogP) is 5.93. The smallest absolute Gasteiger partial charge is 0.155 e. The molecule has 8 heteroatoms. The fourth-order valence-corrected chi connectivity index (χ4v) is 6.39. The van der Waals surface area contributed by atoms with Crippen LogP contribution < -0.4 is 12.4 Å². The van der Waals surface area contributed by atoms with E-state index in [0.717, 1.165) is 0 Å². The number of nitrogens with zero attached hydrogens (tertiary/aromatic N) is 1. The summed E-state index contributed by atoms with van der Waals surface area (Å²) in [7, 11) is 0. The van der Waals surface area contributed by atoms with Crippen LogP contribution >= 0.6 is 67.8 Å². The third-order valence-corrected chi connectivity index (χ3v) is 7.94. The average Bonchev–Trinajstić information content (AvgIpc) is 2.74. The van der Waals surface area contributed by atoms with E-state index in [0.29, 0.717) is 0 Å². The largest absolute Gasteiger partial charge is 1.00 e. The molecule has 0 saturated heterocycles. The van der Waals surface area contributed by atoms with E-state index < -0.39 is 17.5 Å². The standard InChI is InChI=1S/C16H36N.C6F3I3.ClH/c1-5-9-13-17(14-10-6-2,15-11-7-3)16-12-8-4;7-1-4(10)2(8)6(12)3(9)5(1)11;/h5-16H2,1-4H3;;1H/q+1;;/p-1. The number of benzene rings is 1. The summed E-state index contributed by atoms with van der Waals surface area (Å²) < 4.78 is 39.7. The number of unbranched alkanes of at least 4 members (excludes halogenated alkanes) is 4. The summed E-state index contributed by atoms with van der Waals surface area (Å²) in [4.78, 5) is 0. The first-order valence-corrected chi connectivity index (χ1v) is 14.0. The van der Waals surface area contributed by atoms with Gasteiger partial charge in [-0.2, -0.15) is 0 Å². The van der Waals surface area contributed by atoms with E-state index in [-0.39, 0.29) is 23.1 Å². The maximum atomic E-state index is 12.9. The van der Waals surface area contributed by atoms with Gasteiger partial charge in [0.05, 0.1) is 36.9 Å². The SMILES string of the molecule is CCCC[N+](CCCC)(CCCC)CCCC.Fc1c(I)c(F)c(I)c(F)c1I.[Cl-]. The van der Waals surface area contributed by atoms with Crippen LogP contribution in [0.3, 0.4) is 0 Å². The van der Waals surface area contributed by atoms with Crippen molar-refractivity contribution in [1.29, 1.82) is 0 Å². The first-order chi connectivity index (χ1) is 13.7. The van der Waals surface area contributed by atoms with Crippen molar-refractivity contribution in [3.05, 3.63) is 28.2 Å². The lowest BCUT2D eigenvalue weighted by Gasteiger charge is -2.39. The molecule has 178 valence electrons. The van der Waals surface area contributed by atoms with Gasteiger partial charge < -0.3 is 16.9 Å². The zero-order valence-corrected chi connectivity index (χ0v) is 25.8. The first kappa shape index (κ1) is 33.6. The molecule has 0 aromatic heterocycles. The van der Waals surface area contributed by atoms with Crippen LogP contribution in [0.4, 0.5) is 13.2 Å². The Morgan fingerprint density at radius 1 is 0.533 bits per heavy atom. The van der Waals surface area contributed by atoms with E-state index in [4.69, 9.17) is 0 Å². The molecule has 0 unspecified atom stereocenters. The minimum absolute atomic E-state index is 0. The van der Waals surface area contributed by atoms with Crippen LogP contribution in [0.5, 0.6) is 0 Å². The van der Waals surface area contributed by atoms with Gasteiger partial charge in [-0.25, -0.2) is 13.2 Å². The molecule has 0 atom stereocenters. The molecular weight excluding hydrogens is 751 g/mol. The van der Waals surface area contributed by atoms with E-state index in [2.05, 4.69) is 27.7 Å². The Balaban J connectivity index is 0. The Kier molecular flexibility index (Phi) is 21.1. The highest BCUT2D eigenvalue weighted by atomic mass is 127. The summed E-state index contributed by atoms with van der Waals surface area (Å²) >= 11 is 4.53. The molecule has 0 N–H and O–H groups in total. The Bertz CT molecular complexity index is 461. The summed E-state index contributed by atoms with van der Waals surface area (Å²) in [6, 6.07) is 0. The van der Waals surface area contributed by atoms with Crippen molar-refractivity contribution in [2.75, 3.05) is 26.2 Å². The Hall–Kier alpha value is 1.45. The van der Waals surface area contributed by atoms with Crippen molar-refractivity contribution in [2.45, 2.75) is 79.1 Å². The molecule has 1 aromatic rings. The summed E-state index contributed by atoms with van der Waals surface area (Å²) in [6.07, 6.45) is 11.1. The topological polar surface area (TPSA) is 0 Å². The van der Waals surface area contributed by atoms with Crippen LogP contribution in [0.25, 0.3) is 0 Å². The molecule has 0 amide bonds. The Morgan fingerprint density at radius 3 is 0.900 bits per heavy atom. The second-order valence-corrected chi connectivity index (χ2v) is 10.8. The van der Waals surface area contributed by atoms with Gasteiger partial charge in [-0.05, 0) is 93.5 Å². The van der Waals surface area contributed by atoms with Crippen molar-refractivity contribution >= 4 is 67.8 Å². The van der Waals surface area contributed by atoms with Gasteiger partial charge in [-0.3, -0.25) is 0 Å². The zero-order chi connectivity index (χ0) is 22.4. The van der Waals surface area contributed by atoms with Crippen LogP contribution in [-0.2, 0) is 0 Å². The summed E-state index contributed by atoms with van der Waals surface area (Å²) in [5.74, 6) is -2.48. The molecule has 0 aliphatic heterocycles. The van der Waals surface area contributed by atoms with Crippen LogP contribution in [0.1, 0.15) is 79.1 Å². The van der Waals surface area contributed by atoms with Gasteiger partial charge in [0, 0.05) is 0 Å². The highest BCUT2D eigenvalue weighted by Crippen LogP contribution is 2.28. The number of quaternary nitrogens is 1. The van der Waals surface area contributed by atoms with Gasteiger partial charge in [-0.1, -0.05) is 53.4 Å². The summed E-state index contributed by atoms with van der Waals surface area (Å²) in [5.41, 5.74) is 0. The fourth-order valence-electron chi connectivity index (χ4n) is 3.22. The first-order valence-electron chi connectivity index (χ1n) is 10.7. The monoisotopic (exact) mass is 787 g/mol. The maximum Gasteiger partial charge on any atom is 0.155 e. The van der Waals surface area contributed by atoms with Crippen LogP contribution in [0.2, 0.25) is 0 Å². The predicted molar refractivity (Wildman–Crippen MR) is 144 cm³/mol. The zero-order valence-electron chi connectivity index (χ0n) is 18.6. The van der Waals surface area contributed by atoms with Crippen molar-refractivity contribution in [3.63, 3.8) is 0 Å². The molecule has 1 nitrogen and oxygen atoms in total. The lowest BCUT2D eigenvalue weighted by atomic mass is 10.1.